The minimum atomic E-state index is -1.17. The second-order valence-electron chi connectivity index (χ2n) is 8.11. The molecule has 1 aliphatic carbocycles. The van der Waals surface area contributed by atoms with E-state index in [1.54, 1.807) is 13.8 Å². The van der Waals surface area contributed by atoms with Gasteiger partial charge in [-0.2, -0.15) is 0 Å². The largest absolute Gasteiger partial charge is 0.422 e. The fourth-order valence-electron chi connectivity index (χ4n) is 4.89. The lowest BCUT2D eigenvalue weighted by atomic mass is 9.71. The van der Waals surface area contributed by atoms with Crippen molar-refractivity contribution in [2.24, 2.45) is 17.3 Å². The number of carbonyl (C=O) groups excluding carboxylic acids is 2. The maximum Gasteiger partial charge on any atom is 0.324 e. The fraction of sp³-hybridized carbons (Fsp3) is 0.727. The third-order valence-corrected chi connectivity index (χ3v) is 6.11. The molecule has 5 heteroatoms. The quantitative estimate of drug-likeness (QED) is 0.548. The van der Waals surface area contributed by atoms with Gasteiger partial charge in [0.25, 0.3) is 5.79 Å². The number of piperidine rings is 1. The molecule has 152 valence electrons. The van der Waals surface area contributed by atoms with Crippen LogP contribution in [0.2, 0.25) is 0 Å². The molecule has 2 aliphatic heterocycles. The molecule has 0 radical (unpaired) electrons. The number of likely N-dealkylation sites (tertiary alicyclic amines) is 1. The predicted octanol–water partition coefficient (Wildman–Crippen LogP) is 4.09. The van der Waals surface area contributed by atoms with Crippen LogP contribution in [0.4, 0.5) is 0 Å². The van der Waals surface area contributed by atoms with Crippen LogP contribution in [0.15, 0.2) is 23.8 Å². The first kappa shape index (κ1) is 21.7. The molecule has 5 nitrogen and oxygen atoms in total. The summed E-state index contributed by atoms with van der Waals surface area (Å²) in [5, 5.41) is 0. The van der Waals surface area contributed by atoms with E-state index in [2.05, 4.69) is 25.5 Å². The van der Waals surface area contributed by atoms with Crippen molar-refractivity contribution in [3.05, 3.63) is 23.8 Å². The summed E-state index contributed by atoms with van der Waals surface area (Å²) in [6.07, 6.45) is 5.64. The van der Waals surface area contributed by atoms with E-state index in [0.29, 0.717) is 0 Å². The van der Waals surface area contributed by atoms with E-state index in [4.69, 9.17) is 9.47 Å². The first-order chi connectivity index (χ1) is 12.7. The Morgan fingerprint density at radius 3 is 2.11 bits per heavy atom. The molecule has 0 amide bonds. The van der Waals surface area contributed by atoms with Crippen molar-refractivity contribution in [2.45, 2.75) is 66.1 Å². The molecule has 2 fully saturated rings. The molecule has 2 heterocycles. The number of ether oxygens (including phenoxy) is 2. The number of cyclic esters (lactones) is 2. The van der Waals surface area contributed by atoms with Crippen molar-refractivity contribution in [3.8, 4) is 0 Å². The molecule has 0 saturated carbocycles. The van der Waals surface area contributed by atoms with Gasteiger partial charge in [-0.25, -0.2) is 0 Å². The normalized spacial score (nSPS) is 27.7. The van der Waals surface area contributed by atoms with Gasteiger partial charge in [-0.15, -0.1) is 0 Å². The third-order valence-electron chi connectivity index (χ3n) is 6.11. The molecule has 3 aliphatic rings. The van der Waals surface area contributed by atoms with Crippen LogP contribution in [-0.2, 0) is 19.1 Å². The number of carbonyl (C=O) groups is 2. The number of hydrogen-bond donors (Lipinski definition) is 0. The van der Waals surface area contributed by atoms with Gasteiger partial charge in [-0.1, -0.05) is 39.0 Å². The van der Waals surface area contributed by atoms with Gasteiger partial charge in [0.1, 0.15) is 0 Å². The third kappa shape index (κ3) is 3.98. The zero-order valence-electron chi connectivity index (χ0n) is 17.8. The molecular formula is C22H35NO4. The molecule has 2 saturated heterocycles. The topological polar surface area (TPSA) is 55.8 Å². The van der Waals surface area contributed by atoms with Crippen LogP contribution in [-0.4, -0.2) is 42.8 Å². The highest BCUT2D eigenvalue weighted by molar-refractivity contribution is 5.97. The molecule has 3 rings (SSSR count). The van der Waals surface area contributed by atoms with Crippen molar-refractivity contribution < 1.29 is 19.1 Å². The molecule has 0 aromatic heterocycles. The zero-order valence-corrected chi connectivity index (χ0v) is 17.8. The van der Waals surface area contributed by atoms with Crippen LogP contribution in [0.1, 0.15) is 60.3 Å². The molecule has 27 heavy (non-hydrogen) atoms. The van der Waals surface area contributed by atoms with Gasteiger partial charge in [0.05, 0.1) is 0 Å². The Morgan fingerprint density at radius 2 is 1.67 bits per heavy atom. The summed E-state index contributed by atoms with van der Waals surface area (Å²) < 4.78 is 10.8. The maximum absolute atomic E-state index is 12.6. The number of esters is 2. The summed E-state index contributed by atoms with van der Waals surface area (Å²) in [7, 11) is 2.13. The number of nitrogens with zero attached hydrogens (tertiary/aromatic N) is 1. The average molecular weight is 378 g/mol. The molecule has 1 atom stereocenters. The van der Waals surface area contributed by atoms with E-state index in [1.165, 1.54) is 11.1 Å². The van der Waals surface area contributed by atoms with Crippen LogP contribution in [0.3, 0.4) is 0 Å². The first-order valence-corrected chi connectivity index (χ1v) is 10.2. The van der Waals surface area contributed by atoms with E-state index in [9.17, 15) is 9.59 Å². The minimum absolute atomic E-state index is 0.0256. The lowest BCUT2D eigenvalue weighted by Crippen LogP contribution is -2.49. The van der Waals surface area contributed by atoms with E-state index >= 15 is 0 Å². The summed E-state index contributed by atoms with van der Waals surface area (Å²) in [6, 6.07) is 0. The van der Waals surface area contributed by atoms with Gasteiger partial charge >= 0.3 is 11.9 Å². The average Bonchev–Trinajstić information content (AvgIpc) is 2.90. The van der Waals surface area contributed by atoms with Crippen LogP contribution >= 0.6 is 0 Å². The summed E-state index contributed by atoms with van der Waals surface area (Å²) in [4.78, 5) is 27.5. The number of hydrogen-bond acceptors (Lipinski definition) is 5. The van der Waals surface area contributed by atoms with E-state index in [0.717, 1.165) is 38.8 Å². The highest BCUT2D eigenvalue weighted by Gasteiger charge is 2.54. The van der Waals surface area contributed by atoms with E-state index in [-0.39, 0.29) is 11.3 Å². The number of allylic oxidation sites excluding steroid dienone is 3. The van der Waals surface area contributed by atoms with Crippen LogP contribution in [0.5, 0.6) is 0 Å². The monoisotopic (exact) mass is 377 g/mol. The Hall–Kier alpha value is -1.62. The lowest BCUT2D eigenvalue weighted by molar-refractivity contribution is -0.242. The Kier molecular flexibility index (Phi) is 6.56. The second kappa shape index (κ2) is 8.17. The Morgan fingerprint density at radius 1 is 1.15 bits per heavy atom. The molecule has 0 aromatic carbocycles. The van der Waals surface area contributed by atoms with Gasteiger partial charge in [-0.05, 0) is 56.8 Å². The Labute approximate surface area is 163 Å². The SMILES string of the molecule is C=CC1=C(CC)C(C2C(=O)OC(C)(C)OC2=O)CC12CCN(C)CC2.CC. The maximum atomic E-state index is 12.6. The first-order valence-electron chi connectivity index (χ1n) is 10.2. The molecule has 1 spiro atoms. The van der Waals surface area contributed by atoms with Crippen LogP contribution in [0, 0.1) is 17.3 Å². The Bertz CT molecular complexity index is 606. The minimum Gasteiger partial charge on any atom is -0.422 e. The smallest absolute Gasteiger partial charge is 0.324 e. The molecule has 0 N–H and O–H groups in total. The van der Waals surface area contributed by atoms with E-state index < -0.39 is 23.6 Å². The zero-order chi connectivity index (χ0) is 20.4. The van der Waals surface area contributed by atoms with Crippen LogP contribution < -0.4 is 0 Å². The molecule has 0 bridgehead atoms. The fourth-order valence-corrected chi connectivity index (χ4v) is 4.89. The predicted molar refractivity (Wildman–Crippen MR) is 106 cm³/mol. The molecule has 1 unspecified atom stereocenters. The highest BCUT2D eigenvalue weighted by atomic mass is 16.7. The van der Waals surface area contributed by atoms with Crippen molar-refractivity contribution in [2.75, 3.05) is 20.1 Å². The van der Waals surface area contributed by atoms with Crippen molar-refractivity contribution >= 4 is 11.9 Å². The summed E-state index contributed by atoms with van der Waals surface area (Å²) in [5.41, 5.74) is 2.45. The summed E-state index contributed by atoms with van der Waals surface area (Å²) in [5.74, 6) is -3.07. The summed E-state index contributed by atoms with van der Waals surface area (Å²) in [6.45, 7) is 15.4. The van der Waals surface area contributed by atoms with E-state index in [1.807, 2.05) is 19.9 Å². The molecule has 0 aromatic rings. The lowest BCUT2D eigenvalue weighted by Gasteiger charge is -2.40. The second-order valence-corrected chi connectivity index (χ2v) is 8.11. The van der Waals surface area contributed by atoms with Crippen molar-refractivity contribution in [3.63, 3.8) is 0 Å². The standard InChI is InChI=1S/C20H29NO4.C2H6/c1-6-13-14(16-17(22)24-19(3,4)25-18(16)23)12-20(15(13)7-2)8-10-21(5)11-9-20;1-2/h7,14,16H,2,6,8-12H2,1,3-5H3;1-2H3. The van der Waals surface area contributed by atoms with Gasteiger partial charge in [0.2, 0.25) is 0 Å². The highest BCUT2D eigenvalue weighted by Crippen LogP contribution is 2.56. The van der Waals surface area contributed by atoms with Gasteiger partial charge < -0.3 is 14.4 Å². The van der Waals surface area contributed by atoms with Gasteiger partial charge in [0.15, 0.2) is 5.92 Å². The van der Waals surface area contributed by atoms with Crippen LogP contribution in [0.25, 0.3) is 0 Å². The van der Waals surface area contributed by atoms with Crippen molar-refractivity contribution in [1.82, 2.24) is 4.90 Å². The summed E-state index contributed by atoms with van der Waals surface area (Å²) >= 11 is 0. The van der Waals surface area contributed by atoms with Gasteiger partial charge in [-0.3, -0.25) is 9.59 Å². The van der Waals surface area contributed by atoms with Gasteiger partial charge in [0, 0.05) is 19.8 Å². The number of rotatable bonds is 3. The Balaban J connectivity index is 0.00000126. The van der Waals surface area contributed by atoms with Crippen molar-refractivity contribution in [1.29, 1.82) is 0 Å². The molecular weight excluding hydrogens is 342 g/mol.